The Balaban J connectivity index is 2.13. The standard InChI is InChI=1S/C20H25N3OS/c1-14(2)10-11-22-19(24)18-17(21-20(22)25-4)12-15(3)23(18)13-16-8-6-5-7-9-16/h5-9,12,14H,10-11,13H2,1-4H3. The maximum atomic E-state index is 13.2. The molecule has 5 heteroatoms. The SMILES string of the molecule is CSc1nc2cc(C)n(Cc3ccccc3)c2c(=O)n1CCC(C)C. The molecule has 0 radical (unpaired) electrons. The molecule has 0 aliphatic carbocycles. The first kappa shape index (κ1) is 17.8. The molecule has 0 spiro atoms. The average Bonchev–Trinajstić information content (AvgIpc) is 2.90. The van der Waals surface area contributed by atoms with E-state index in [1.165, 1.54) is 17.3 Å². The third-order valence-electron chi connectivity index (χ3n) is 4.47. The maximum absolute atomic E-state index is 13.2. The number of aromatic nitrogens is 3. The van der Waals surface area contributed by atoms with Gasteiger partial charge in [0.1, 0.15) is 5.52 Å². The normalized spacial score (nSPS) is 11.6. The molecule has 0 N–H and O–H groups in total. The number of thioether (sulfide) groups is 1. The molecule has 0 saturated heterocycles. The topological polar surface area (TPSA) is 39.8 Å². The van der Waals surface area contributed by atoms with E-state index >= 15 is 0 Å². The summed E-state index contributed by atoms with van der Waals surface area (Å²) in [6.07, 6.45) is 2.95. The van der Waals surface area contributed by atoms with Crippen LogP contribution < -0.4 is 5.56 Å². The van der Waals surface area contributed by atoms with Crippen LogP contribution in [0, 0.1) is 12.8 Å². The van der Waals surface area contributed by atoms with Crippen LogP contribution in [0.2, 0.25) is 0 Å². The largest absolute Gasteiger partial charge is 0.335 e. The Hall–Kier alpha value is -2.01. The van der Waals surface area contributed by atoms with Crippen molar-refractivity contribution in [3.05, 3.63) is 58.0 Å². The number of aryl methyl sites for hydroxylation is 1. The molecule has 132 valence electrons. The average molecular weight is 356 g/mol. The molecule has 2 aromatic heterocycles. The van der Waals surface area contributed by atoms with Crippen LogP contribution in [0.1, 0.15) is 31.5 Å². The summed E-state index contributed by atoms with van der Waals surface area (Å²) in [5.74, 6) is 0.551. The smallest absolute Gasteiger partial charge is 0.278 e. The third-order valence-corrected chi connectivity index (χ3v) is 5.15. The summed E-state index contributed by atoms with van der Waals surface area (Å²) in [5, 5.41) is 0.801. The Morgan fingerprint density at radius 2 is 1.88 bits per heavy atom. The molecule has 2 heterocycles. The number of fused-ring (bicyclic) bond motifs is 1. The third kappa shape index (κ3) is 3.66. The first-order valence-electron chi connectivity index (χ1n) is 8.70. The van der Waals surface area contributed by atoms with Crippen LogP contribution in [0.3, 0.4) is 0 Å². The van der Waals surface area contributed by atoms with E-state index in [0.29, 0.717) is 24.5 Å². The highest BCUT2D eigenvalue weighted by atomic mass is 32.2. The number of hydrogen-bond acceptors (Lipinski definition) is 3. The molecule has 0 aliphatic rings. The van der Waals surface area contributed by atoms with Gasteiger partial charge in [-0.25, -0.2) is 4.98 Å². The number of nitrogens with zero attached hydrogens (tertiary/aromatic N) is 3. The lowest BCUT2D eigenvalue weighted by Crippen LogP contribution is -2.25. The predicted molar refractivity (Wildman–Crippen MR) is 106 cm³/mol. The van der Waals surface area contributed by atoms with Crippen molar-refractivity contribution < 1.29 is 0 Å². The minimum Gasteiger partial charge on any atom is -0.335 e. The van der Waals surface area contributed by atoms with Gasteiger partial charge >= 0.3 is 0 Å². The van der Waals surface area contributed by atoms with Crippen molar-refractivity contribution in [2.45, 2.75) is 45.4 Å². The van der Waals surface area contributed by atoms with E-state index in [2.05, 4.69) is 30.5 Å². The van der Waals surface area contributed by atoms with Crippen molar-refractivity contribution in [2.24, 2.45) is 5.92 Å². The Kier molecular flexibility index (Phi) is 5.33. The van der Waals surface area contributed by atoms with Crippen LogP contribution in [0.5, 0.6) is 0 Å². The van der Waals surface area contributed by atoms with Gasteiger partial charge in [0.05, 0.1) is 5.52 Å². The van der Waals surface area contributed by atoms with E-state index in [0.717, 1.165) is 22.8 Å². The van der Waals surface area contributed by atoms with Gasteiger partial charge in [0.15, 0.2) is 5.16 Å². The molecule has 1 aromatic carbocycles. The summed E-state index contributed by atoms with van der Waals surface area (Å²) in [6, 6.07) is 12.3. The van der Waals surface area contributed by atoms with Crippen LogP contribution in [0.15, 0.2) is 46.3 Å². The fourth-order valence-corrected chi connectivity index (χ4v) is 3.64. The van der Waals surface area contributed by atoms with Gasteiger partial charge < -0.3 is 4.57 Å². The minimum absolute atomic E-state index is 0.0685. The molecule has 0 bridgehead atoms. The number of rotatable bonds is 6. The molecule has 25 heavy (non-hydrogen) atoms. The van der Waals surface area contributed by atoms with E-state index in [1.807, 2.05) is 42.0 Å². The lowest BCUT2D eigenvalue weighted by atomic mass is 10.1. The summed E-state index contributed by atoms with van der Waals surface area (Å²) in [5.41, 5.74) is 3.83. The fourth-order valence-electron chi connectivity index (χ4n) is 3.06. The van der Waals surface area contributed by atoms with Gasteiger partial charge in [0, 0.05) is 18.8 Å². The second-order valence-electron chi connectivity index (χ2n) is 6.83. The van der Waals surface area contributed by atoms with Crippen molar-refractivity contribution >= 4 is 22.8 Å². The highest BCUT2D eigenvalue weighted by molar-refractivity contribution is 7.98. The molecule has 0 saturated carbocycles. The summed E-state index contributed by atoms with van der Waals surface area (Å²) >= 11 is 1.54. The van der Waals surface area contributed by atoms with Crippen LogP contribution in [-0.2, 0) is 13.1 Å². The molecule has 4 nitrogen and oxygen atoms in total. The Morgan fingerprint density at radius 1 is 1.16 bits per heavy atom. The van der Waals surface area contributed by atoms with E-state index in [1.54, 1.807) is 0 Å². The molecule has 0 fully saturated rings. The van der Waals surface area contributed by atoms with Crippen LogP contribution in [-0.4, -0.2) is 20.4 Å². The zero-order valence-corrected chi connectivity index (χ0v) is 16.1. The highest BCUT2D eigenvalue weighted by Gasteiger charge is 2.16. The van der Waals surface area contributed by atoms with Crippen LogP contribution in [0.25, 0.3) is 11.0 Å². The van der Waals surface area contributed by atoms with Crippen LogP contribution >= 0.6 is 11.8 Å². The Bertz CT molecular complexity index is 926. The first-order chi connectivity index (χ1) is 12.0. The number of hydrogen-bond donors (Lipinski definition) is 0. The van der Waals surface area contributed by atoms with E-state index < -0.39 is 0 Å². The second kappa shape index (κ2) is 7.48. The van der Waals surface area contributed by atoms with Gasteiger partial charge in [-0.1, -0.05) is 55.9 Å². The van der Waals surface area contributed by atoms with Gasteiger partial charge in [0.2, 0.25) is 0 Å². The van der Waals surface area contributed by atoms with E-state index in [-0.39, 0.29) is 5.56 Å². The fraction of sp³-hybridized carbons (Fsp3) is 0.400. The second-order valence-corrected chi connectivity index (χ2v) is 7.60. The zero-order chi connectivity index (χ0) is 18.0. The first-order valence-corrected chi connectivity index (χ1v) is 9.92. The molecule has 0 unspecified atom stereocenters. The summed E-state index contributed by atoms with van der Waals surface area (Å²) in [6.45, 7) is 7.80. The predicted octanol–water partition coefficient (Wildman–Crippen LogP) is 4.32. The number of benzene rings is 1. The lowest BCUT2D eigenvalue weighted by Gasteiger charge is -2.14. The highest BCUT2D eigenvalue weighted by Crippen LogP contribution is 2.21. The van der Waals surface area contributed by atoms with E-state index in [4.69, 9.17) is 4.98 Å². The molecular weight excluding hydrogens is 330 g/mol. The quantitative estimate of drug-likeness (QED) is 0.488. The van der Waals surface area contributed by atoms with Gasteiger partial charge in [-0.05, 0) is 37.1 Å². The molecule has 0 aliphatic heterocycles. The lowest BCUT2D eigenvalue weighted by molar-refractivity contribution is 0.480. The van der Waals surface area contributed by atoms with Crippen molar-refractivity contribution in [2.75, 3.05) is 6.26 Å². The molecular formula is C20H25N3OS. The summed E-state index contributed by atoms with van der Waals surface area (Å²) in [4.78, 5) is 18.0. The van der Waals surface area contributed by atoms with Crippen LogP contribution in [0.4, 0.5) is 0 Å². The Morgan fingerprint density at radius 3 is 2.52 bits per heavy atom. The van der Waals surface area contributed by atoms with Gasteiger partial charge in [-0.2, -0.15) is 0 Å². The zero-order valence-electron chi connectivity index (χ0n) is 15.3. The van der Waals surface area contributed by atoms with Crippen molar-refractivity contribution in [3.63, 3.8) is 0 Å². The van der Waals surface area contributed by atoms with E-state index in [9.17, 15) is 4.79 Å². The Labute approximate surface area is 152 Å². The van der Waals surface area contributed by atoms with Crippen molar-refractivity contribution in [3.8, 4) is 0 Å². The minimum atomic E-state index is 0.0685. The maximum Gasteiger partial charge on any atom is 0.278 e. The van der Waals surface area contributed by atoms with Crippen molar-refractivity contribution in [1.29, 1.82) is 0 Å². The molecule has 0 amide bonds. The van der Waals surface area contributed by atoms with Gasteiger partial charge in [-0.3, -0.25) is 9.36 Å². The molecule has 3 aromatic rings. The molecule has 3 rings (SSSR count). The van der Waals surface area contributed by atoms with Gasteiger partial charge in [0.25, 0.3) is 5.56 Å². The summed E-state index contributed by atoms with van der Waals surface area (Å²) < 4.78 is 3.93. The molecule has 0 atom stereocenters. The summed E-state index contributed by atoms with van der Waals surface area (Å²) in [7, 11) is 0. The van der Waals surface area contributed by atoms with Crippen molar-refractivity contribution in [1.82, 2.24) is 14.1 Å². The monoisotopic (exact) mass is 355 g/mol. The van der Waals surface area contributed by atoms with Gasteiger partial charge in [-0.15, -0.1) is 0 Å².